The van der Waals surface area contributed by atoms with Gasteiger partial charge in [-0.1, -0.05) is 6.07 Å². The van der Waals surface area contributed by atoms with Crippen LogP contribution in [-0.2, 0) is 0 Å². The van der Waals surface area contributed by atoms with E-state index in [9.17, 15) is 8.78 Å². The molecule has 0 atom stereocenters. The molecule has 2 aromatic rings. The summed E-state index contributed by atoms with van der Waals surface area (Å²) < 4.78 is 30.2. The fraction of sp³-hybridized carbons (Fsp3) is 0.308. The maximum absolute atomic E-state index is 13.2. The van der Waals surface area contributed by atoms with Gasteiger partial charge in [0.05, 0.1) is 0 Å². The van der Waals surface area contributed by atoms with Gasteiger partial charge >= 0.3 is 0 Å². The number of hydrogen-bond donors (Lipinski definition) is 0. The third kappa shape index (κ3) is 1.84. The van der Waals surface area contributed by atoms with Gasteiger partial charge < -0.3 is 4.74 Å². The Morgan fingerprint density at radius 2 is 2.12 bits per heavy atom. The highest BCUT2D eigenvalue weighted by molar-refractivity contribution is 5.90. The average Bonchev–Trinajstić information content (AvgIpc) is 3.14. The van der Waals surface area contributed by atoms with E-state index in [2.05, 4.69) is 4.98 Å². The van der Waals surface area contributed by atoms with Gasteiger partial charge in [-0.2, -0.15) is 0 Å². The van der Waals surface area contributed by atoms with Crippen LogP contribution in [0.15, 0.2) is 24.4 Å². The fourth-order valence-electron chi connectivity index (χ4n) is 2.10. The molecule has 0 bridgehead atoms. The quantitative estimate of drug-likeness (QED) is 0.811. The lowest BCUT2D eigenvalue weighted by Gasteiger charge is -2.09. The van der Waals surface area contributed by atoms with E-state index in [1.807, 2.05) is 0 Å². The Morgan fingerprint density at radius 3 is 2.82 bits per heavy atom. The summed E-state index contributed by atoms with van der Waals surface area (Å²) in [6.07, 6.45) is 3.98. The number of aromatic nitrogens is 1. The molecule has 0 amide bonds. The summed E-state index contributed by atoms with van der Waals surface area (Å²) in [7, 11) is 0. The molecular weight excluding hydrogens is 224 g/mol. The Balaban J connectivity index is 2.23. The minimum absolute atomic E-state index is 0.159. The van der Waals surface area contributed by atoms with Gasteiger partial charge in [0.1, 0.15) is 5.82 Å². The number of halogens is 2. The smallest absolute Gasteiger partial charge is 0.230 e. The molecule has 4 heteroatoms. The van der Waals surface area contributed by atoms with Gasteiger partial charge in [-0.3, -0.25) is 0 Å². The Bertz CT molecular complexity index is 567. The van der Waals surface area contributed by atoms with Crippen molar-refractivity contribution in [2.24, 2.45) is 0 Å². The van der Waals surface area contributed by atoms with Crippen LogP contribution < -0.4 is 4.74 Å². The van der Waals surface area contributed by atoms with Gasteiger partial charge in [-0.15, -0.1) is 0 Å². The first-order chi connectivity index (χ1) is 8.29. The summed E-state index contributed by atoms with van der Waals surface area (Å²) in [6, 6.07) is 4.47. The van der Waals surface area contributed by atoms with E-state index in [4.69, 9.17) is 4.74 Å². The summed E-state index contributed by atoms with van der Waals surface area (Å²) in [5.74, 6) is 0.303. The van der Waals surface area contributed by atoms with E-state index < -0.39 is 6.86 Å². The minimum atomic E-state index is -0.957. The normalized spacial score (nSPS) is 15.2. The number of alkyl halides is 1. The van der Waals surface area contributed by atoms with Crippen LogP contribution in [0, 0.1) is 5.82 Å². The molecule has 1 aliphatic rings. The monoisotopic (exact) mass is 235 g/mol. The third-order valence-electron chi connectivity index (χ3n) is 3.05. The molecule has 1 saturated carbocycles. The van der Waals surface area contributed by atoms with Crippen LogP contribution >= 0.6 is 0 Å². The first-order valence-corrected chi connectivity index (χ1v) is 5.56. The number of nitrogens with zero attached hydrogens (tertiary/aromatic N) is 1. The Kier molecular flexibility index (Phi) is 2.42. The van der Waals surface area contributed by atoms with Crippen LogP contribution in [0.25, 0.3) is 10.8 Å². The van der Waals surface area contributed by atoms with E-state index in [1.165, 1.54) is 12.1 Å². The van der Waals surface area contributed by atoms with Crippen molar-refractivity contribution < 1.29 is 13.5 Å². The molecule has 0 radical (unpaired) electrons. The molecule has 1 aliphatic carbocycles. The van der Waals surface area contributed by atoms with Crippen molar-refractivity contribution in [1.82, 2.24) is 4.98 Å². The first kappa shape index (κ1) is 10.4. The summed E-state index contributed by atoms with van der Waals surface area (Å²) >= 11 is 0. The van der Waals surface area contributed by atoms with E-state index in [0.717, 1.165) is 23.8 Å². The molecular formula is C13H11F2NO. The number of fused-ring (bicyclic) bond motifs is 1. The lowest BCUT2D eigenvalue weighted by Crippen LogP contribution is -1.97. The van der Waals surface area contributed by atoms with Crippen LogP contribution in [0.1, 0.15) is 24.3 Å². The molecule has 1 fully saturated rings. The number of hydrogen-bond acceptors (Lipinski definition) is 2. The molecule has 88 valence electrons. The van der Waals surface area contributed by atoms with Crippen LogP contribution in [0.5, 0.6) is 5.88 Å². The zero-order valence-electron chi connectivity index (χ0n) is 9.12. The van der Waals surface area contributed by atoms with Crippen molar-refractivity contribution in [3.63, 3.8) is 0 Å². The summed E-state index contributed by atoms with van der Waals surface area (Å²) in [5.41, 5.74) is 1.10. The zero-order valence-corrected chi connectivity index (χ0v) is 9.12. The van der Waals surface area contributed by atoms with E-state index >= 15 is 0 Å². The molecule has 1 heterocycles. The highest BCUT2D eigenvalue weighted by atomic mass is 19.1. The van der Waals surface area contributed by atoms with Crippen LogP contribution in [0.4, 0.5) is 8.78 Å². The predicted octanol–water partition coefficient (Wildman–Crippen LogP) is 3.56. The Labute approximate surface area is 97.2 Å². The van der Waals surface area contributed by atoms with Crippen LogP contribution in [0.2, 0.25) is 0 Å². The molecule has 0 spiro atoms. The van der Waals surface area contributed by atoms with E-state index in [0.29, 0.717) is 11.3 Å². The van der Waals surface area contributed by atoms with Crippen LogP contribution in [-0.4, -0.2) is 11.8 Å². The van der Waals surface area contributed by atoms with Gasteiger partial charge in [0.2, 0.25) is 12.7 Å². The lowest BCUT2D eigenvalue weighted by atomic mass is 10.0. The van der Waals surface area contributed by atoms with Gasteiger partial charge in [-0.25, -0.2) is 13.8 Å². The second-order valence-electron chi connectivity index (χ2n) is 4.24. The minimum Gasteiger partial charge on any atom is -0.445 e. The van der Waals surface area contributed by atoms with Crippen molar-refractivity contribution in [3.05, 3.63) is 35.8 Å². The summed E-state index contributed by atoms with van der Waals surface area (Å²) in [5, 5.41) is 1.46. The first-order valence-electron chi connectivity index (χ1n) is 5.56. The Hall–Kier alpha value is -1.71. The standard InChI is InChI=1S/C13H11F2NO/c14-7-17-13-11-5-9(15)3-4-10(11)12(6-16-13)8-1-2-8/h3-6,8H,1-2,7H2. The number of pyridine rings is 1. The largest absolute Gasteiger partial charge is 0.445 e. The molecule has 1 aromatic carbocycles. The average molecular weight is 235 g/mol. The molecule has 3 rings (SSSR count). The maximum atomic E-state index is 13.2. The van der Waals surface area contributed by atoms with Gasteiger partial charge in [0.25, 0.3) is 0 Å². The number of benzene rings is 1. The number of ether oxygens (including phenoxy) is 1. The molecule has 0 N–H and O–H groups in total. The van der Waals surface area contributed by atoms with E-state index in [1.54, 1.807) is 12.3 Å². The summed E-state index contributed by atoms with van der Waals surface area (Å²) in [4.78, 5) is 4.07. The SMILES string of the molecule is FCOc1ncc(C2CC2)c2ccc(F)cc12. The van der Waals surface area contributed by atoms with Gasteiger partial charge in [0.15, 0.2) is 0 Å². The highest BCUT2D eigenvalue weighted by Gasteiger charge is 2.26. The lowest BCUT2D eigenvalue weighted by molar-refractivity contribution is 0.187. The zero-order chi connectivity index (χ0) is 11.8. The fourth-order valence-corrected chi connectivity index (χ4v) is 2.10. The molecule has 17 heavy (non-hydrogen) atoms. The van der Waals surface area contributed by atoms with Crippen molar-refractivity contribution in [1.29, 1.82) is 0 Å². The number of rotatable bonds is 3. The second-order valence-corrected chi connectivity index (χ2v) is 4.24. The third-order valence-corrected chi connectivity index (χ3v) is 3.05. The van der Waals surface area contributed by atoms with Crippen molar-refractivity contribution >= 4 is 10.8 Å². The highest BCUT2D eigenvalue weighted by Crippen LogP contribution is 2.44. The van der Waals surface area contributed by atoms with Crippen molar-refractivity contribution in [2.75, 3.05) is 6.86 Å². The predicted molar refractivity (Wildman–Crippen MR) is 60.3 cm³/mol. The maximum Gasteiger partial charge on any atom is 0.230 e. The molecule has 1 aromatic heterocycles. The molecule has 0 saturated heterocycles. The molecule has 0 aliphatic heterocycles. The second kappa shape index (κ2) is 3.95. The van der Waals surface area contributed by atoms with Crippen molar-refractivity contribution in [2.45, 2.75) is 18.8 Å². The van der Waals surface area contributed by atoms with E-state index in [-0.39, 0.29) is 11.7 Å². The van der Waals surface area contributed by atoms with Gasteiger partial charge in [0, 0.05) is 11.6 Å². The molecule has 0 unspecified atom stereocenters. The Morgan fingerprint density at radius 1 is 1.29 bits per heavy atom. The summed E-state index contributed by atoms with van der Waals surface area (Å²) in [6.45, 7) is -0.957. The topological polar surface area (TPSA) is 22.1 Å². The van der Waals surface area contributed by atoms with Gasteiger partial charge in [-0.05, 0) is 41.8 Å². The molecule has 2 nitrogen and oxygen atoms in total. The van der Waals surface area contributed by atoms with Crippen LogP contribution in [0.3, 0.4) is 0 Å². The van der Waals surface area contributed by atoms with Crippen molar-refractivity contribution in [3.8, 4) is 5.88 Å².